The summed E-state index contributed by atoms with van der Waals surface area (Å²) in [6, 6.07) is 5.84. The second-order valence-corrected chi connectivity index (χ2v) is 11.8. The molecular formula is C26H29F3N2O5S. The van der Waals surface area contributed by atoms with Crippen LogP contribution in [-0.4, -0.2) is 59.7 Å². The van der Waals surface area contributed by atoms with Gasteiger partial charge in [0.2, 0.25) is 10.0 Å². The normalized spacial score (nSPS) is 25.7. The minimum Gasteiger partial charge on any atom is -0.441 e. The highest BCUT2D eigenvalue weighted by Crippen LogP contribution is 2.53. The molecule has 3 fully saturated rings. The monoisotopic (exact) mass is 538 g/mol. The third kappa shape index (κ3) is 4.84. The second kappa shape index (κ2) is 9.92. The standard InChI is InChI=1S/C26H29F3N2O5S/c27-18-5-1-4-17(14-18)22-7-2-8-24(31(22)37(34,35)23-10-9-19(28)15-21(23)29)26(11-12-26)36-25(33)30-13-3-6-20(30)16-32/h1,4-5,9-10,14-15,20,22,24,32H,2-3,6-8,11-13,16H2/t20-,22-,24+/m0/s1. The first kappa shape index (κ1) is 26.0. The van der Waals surface area contributed by atoms with Crippen molar-refractivity contribution in [3.05, 3.63) is 65.5 Å². The number of carbonyl (C=O) groups excluding carboxylic acids is 1. The van der Waals surface area contributed by atoms with Gasteiger partial charge in [0.15, 0.2) is 0 Å². The van der Waals surface area contributed by atoms with Crippen molar-refractivity contribution in [3.63, 3.8) is 0 Å². The Morgan fingerprint density at radius 2 is 1.78 bits per heavy atom. The van der Waals surface area contributed by atoms with Crippen LogP contribution in [-0.2, 0) is 14.8 Å². The Morgan fingerprint density at radius 1 is 1.03 bits per heavy atom. The third-order valence-electron chi connectivity index (χ3n) is 7.72. The average molecular weight is 539 g/mol. The van der Waals surface area contributed by atoms with Crippen LogP contribution >= 0.6 is 0 Å². The number of ether oxygens (including phenoxy) is 1. The van der Waals surface area contributed by atoms with Crippen molar-refractivity contribution in [2.45, 2.75) is 73.6 Å². The summed E-state index contributed by atoms with van der Waals surface area (Å²) >= 11 is 0. The number of likely N-dealkylation sites (tertiary alicyclic amines) is 1. The molecule has 1 aliphatic carbocycles. The molecule has 200 valence electrons. The third-order valence-corrected chi connectivity index (χ3v) is 9.67. The minimum absolute atomic E-state index is 0.197. The molecule has 1 amide bonds. The summed E-state index contributed by atoms with van der Waals surface area (Å²) in [5.41, 5.74) is -0.729. The van der Waals surface area contributed by atoms with E-state index in [-0.39, 0.29) is 12.6 Å². The van der Waals surface area contributed by atoms with E-state index in [4.69, 9.17) is 4.74 Å². The summed E-state index contributed by atoms with van der Waals surface area (Å²) in [4.78, 5) is 13.9. The van der Waals surface area contributed by atoms with Gasteiger partial charge in [-0.1, -0.05) is 12.1 Å². The molecule has 7 nitrogen and oxygen atoms in total. The van der Waals surface area contributed by atoms with Crippen molar-refractivity contribution in [2.75, 3.05) is 13.2 Å². The summed E-state index contributed by atoms with van der Waals surface area (Å²) in [5, 5.41) is 9.62. The molecule has 2 aromatic rings. The van der Waals surface area contributed by atoms with Gasteiger partial charge in [-0.25, -0.2) is 26.4 Å². The largest absolute Gasteiger partial charge is 0.441 e. The first-order valence-corrected chi connectivity index (χ1v) is 13.9. The number of piperidine rings is 1. The number of hydrogen-bond donors (Lipinski definition) is 1. The van der Waals surface area contributed by atoms with Gasteiger partial charge in [-0.2, -0.15) is 4.31 Å². The zero-order valence-electron chi connectivity index (χ0n) is 20.2. The fraction of sp³-hybridized carbons (Fsp3) is 0.500. The molecule has 3 aliphatic rings. The Balaban J connectivity index is 1.55. The number of sulfonamides is 1. The Bertz CT molecular complexity index is 1290. The maximum atomic E-state index is 14.8. The molecule has 0 spiro atoms. The second-order valence-electron chi connectivity index (χ2n) is 10.0. The first-order chi connectivity index (χ1) is 17.7. The highest BCUT2D eigenvalue weighted by atomic mass is 32.2. The Morgan fingerprint density at radius 3 is 2.46 bits per heavy atom. The molecule has 11 heteroatoms. The minimum atomic E-state index is -4.56. The van der Waals surface area contributed by atoms with E-state index in [1.54, 1.807) is 6.07 Å². The molecule has 0 aromatic heterocycles. The lowest BCUT2D eigenvalue weighted by Crippen LogP contribution is -2.54. The molecule has 5 rings (SSSR count). The van der Waals surface area contributed by atoms with Gasteiger partial charge in [0.1, 0.15) is 27.9 Å². The van der Waals surface area contributed by atoms with Crippen LogP contribution in [0.1, 0.15) is 56.6 Å². The number of rotatable bonds is 6. The van der Waals surface area contributed by atoms with Crippen molar-refractivity contribution in [1.82, 2.24) is 9.21 Å². The predicted molar refractivity (Wildman–Crippen MR) is 127 cm³/mol. The van der Waals surface area contributed by atoms with Crippen molar-refractivity contribution >= 4 is 16.1 Å². The van der Waals surface area contributed by atoms with Crippen LogP contribution in [0.5, 0.6) is 0 Å². The van der Waals surface area contributed by atoms with Crippen LogP contribution < -0.4 is 0 Å². The summed E-state index contributed by atoms with van der Waals surface area (Å²) in [6.07, 6.45) is 2.86. The average Bonchev–Trinajstić information content (AvgIpc) is 3.48. The van der Waals surface area contributed by atoms with Crippen LogP contribution in [0.15, 0.2) is 47.4 Å². The van der Waals surface area contributed by atoms with Crippen molar-refractivity contribution < 1.29 is 36.2 Å². The summed E-state index contributed by atoms with van der Waals surface area (Å²) in [7, 11) is -4.56. The zero-order valence-corrected chi connectivity index (χ0v) is 21.0. The maximum absolute atomic E-state index is 14.8. The molecule has 0 unspecified atom stereocenters. The summed E-state index contributed by atoms with van der Waals surface area (Å²) in [6.45, 7) is 0.233. The molecule has 1 saturated carbocycles. The molecule has 2 saturated heterocycles. The zero-order chi connectivity index (χ0) is 26.4. The fourth-order valence-corrected chi connectivity index (χ4v) is 7.72. The van der Waals surface area contributed by atoms with Gasteiger partial charge in [-0.3, -0.25) is 0 Å². The van der Waals surface area contributed by atoms with Gasteiger partial charge in [-0.05, 0) is 74.8 Å². The highest BCUT2D eigenvalue weighted by Gasteiger charge is 2.60. The van der Waals surface area contributed by atoms with E-state index in [0.717, 1.165) is 22.9 Å². The van der Waals surface area contributed by atoms with Gasteiger partial charge < -0.3 is 14.7 Å². The lowest BCUT2D eigenvalue weighted by Gasteiger charge is -2.44. The molecule has 0 bridgehead atoms. The molecule has 2 aromatic carbocycles. The first-order valence-electron chi connectivity index (χ1n) is 12.5. The molecule has 3 atom stereocenters. The van der Waals surface area contributed by atoms with Crippen LogP contribution in [0.4, 0.5) is 18.0 Å². The number of halogens is 3. The summed E-state index contributed by atoms with van der Waals surface area (Å²) in [5.74, 6) is -2.68. The number of amides is 1. The maximum Gasteiger partial charge on any atom is 0.410 e. The Hall–Kier alpha value is -2.63. The van der Waals surface area contributed by atoms with E-state index >= 15 is 0 Å². The van der Waals surface area contributed by atoms with E-state index in [0.29, 0.717) is 56.7 Å². The molecule has 2 aliphatic heterocycles. The van der Waals surface area contributed by atoms with Gasteiger partial charge in [0.05, 0.1) is 24.7 Å². The number of aliphatic hydroxyl groups is 1. The molecule has 37 heavy (non-hydrogen) atoms. The van der Waals surface area contributed by atoms with Crippen LogP contribution in [0.25, 0.3) is 0 Å². The molecular weight excluding hydrogens is 509 g/mol. The van der Waals surface area contributed by atoms with E-state index in [9.17, 15) is 31.5 Å². The van der Waals surface area contributed by atoms with Gasteiger partial charge in [0, 0.05) is 12.6 Å². The SMILES string of the molecule is O=C(OC1([C@H]2CCC[C@@H](c3cccc(F)c3)N2S(=O)(=O)c2ccc(F)cc2F)CC1)N1CCC[C@H]1CO. The number of carbonyl (C=O) groups is 1. The van der Waals surface area contributed by atoms with E-state index < -0.39 is 56.1 Å². The quantitative estimate of drug-likeness (QED) is 0.585. The van der Waals surface area contributed by atoms with Crippen molar-refractivity contribution in [2.24, 2.45) is 0 Å². The highest BCUT2D eigenvalue weighted by molar-refractivity contribution is 7.89. The lowest BCUT2D eigenvalue weighted by molar-refractivity contribution is -0.0126. The molecule has 2 heterocycles. The number of aliphatic hydroxyl groups excluding tert-OH is 1. The fourth-order valence-electron chi connectivity index (χ4n) is 5.76. The molecule has 1 N–H and O–H groups in total. The van der Waals surface area contributed by atoms with Gasteiger partial charge in [-0.15, -0.1) is 0 Å². The number of nitrogens with zero attached hydrogens (tertiary/aromatic N) is 2. The topological polar surface area (TPSA) is 87.2 Å². The van der Waals surface area contributed by atoms with Crippen LogP contribution in [0.2, 0.25) is 0 Å². The Labute approximate surface area is 213 Å². The van der Waals surface area contributed by atoms with Crippen LogP contribution in [0, 0.1) is 17.5 Å². The molecule has 0 radical (unpaired) electrons. The van der Waals surface area contributed by atoms with E-state index in [1.165, 1.54) is 23.1 Å². The van der Waals surface area contributed by atoms with E-state index in [2.05, 4.69) is 0 Å². The Kier molecular flexibility index (Phi) is 6.97. The van der Waals surface area contributed by atoms with Crippen LogP contribution in [0.3, 0.4) is 0 Å². The number of benzene rings is 2. The van der Waals surface area contributed by atoms with Crippen molar-refractivity contribution in [1.29, 1.82) is 0 Å². The van der Waals surface area contributed by atoms with E-state index in [1.807, 2.05) is 0 Å². The predicted octanol–water partition coefficient (Wildman–Crippen LogP) is 4.51. The van der Waals surface area contributed by atoms with Gasteiger partial charge in [0.25, 0.3) is 0 Å². The van der Waals surface area contributed by atoms with Crippen molar-refractivity contribution in [3.8, 4) is 0 Å². The smallest absolute Gasteiger partial charge is 0.410 e. The number of hydrogen-bond acceptors (Lipinski definition) is 5. The van der Waals surface area contributed by atoms with Gasteiger partial charge >= 0.3 is 6.09 Å². The lowest BCUT2D eigenvalue weighted by atomic mass is 9.90. The summed E-state index contributed by atoms with van der Waals surface area (Å²) < 4.78 is 77.7.